The molecule has 0 bridgehead atoms. The molecule has 5 heteroatoms. The Morgan fingerprint density at radius 2 is 1.90 bits per heavy atom. The average molecular weight is 152 g/mol. The number of hydrogen-bond donors (Lipinski definition) is 0. The summed E-state index contributed by atoms with van der Waals surface area (Å²) < 4.78 is 31.2. The largest absolute Gasteiger partial charge is 0.515 e. The van der Waals surface area contributed by atoms with Gasteiger partial charge in [0.2, 0.25) is 0 Å². The fourth-order valence-electron chi connectivity index (χ4n) is 0.185. The highest BCUT2D eigenvalue weighted by Crippen LogP contribution is 2.08. The van der Waals surface area contributed by atoms with Gasteiger partial charge in [-0.25, -0.2) is 9.18 Å². The lowest BCUT2D eigenvalue weighted by molar-refractivity contribution is 0.0754. The van der Waals surface area contributed by atoms with Gasteiger partial charge in [-0.1, -0.05) is 0 Å². The van der Waals surface area contributed by atoms with Gasteiger partial charge >= 0.3 is 12.2 Å². The van der Waals surface area contributed by atoms with E-state index in [2.05, 4.69) is 9.47 Å². The molecule has 3 nitrogen and oxygen atoms in total. The van der Waals surface area contributed by atoms with Crippen LogP contribution in [0, 0.1) is 0 Å². The minimum absolute atomic E-state index is 0.818. The number of ether oxygens (including phenoxy) is 2. The minimum Gasteiger partial charge on any atom is -0.437 e. The number of hydrogen-bond acceptors (Lipinski definition) is 3. The second-order valence-electron chi connectivity index (χ2n) is 1.36. The predicted molar refractivity (Wildman–Crippen MR) is 28.4 cm³/mol. The van der Waals surface area contributed by atoms with E-state index < -0.39 is 18.0 Å². The molecule has 10 heavy (non-hydrogen) atoms. The van der Waals surface area contributed by atoms with Crippen molar-refractivity contribution in [3.8, 4) is 0 Å². The highest BCUT2D eigenvalue weighted by Gasteiger charge is 2.08. The molecule has 0 saturated heterocycles. The monoisotopic (exact) mass is 152 g/mol. The molecular formula is C5H6F2O3. The Hall–Kier alpha value is -1.13. The maximum absolute atomic E-state index is 11.9. The van der Waals surface area contributed by atoms with Gasteiger partial charge in [-0.2, -0.15) is 4.39 Å². The van der Waals surface area contributed by atoms with E-state index in [1.54, 1.807) is 0 Å². The number of allylic oxidation sites excluding steroid dienone is 1. The quantitative estimate of drug-likeness (QED) is 0.425. The van der Waals surface area contributed by atoms with E-state index in [0.717, 1.165) is 14.0 Å². The molecule has 0 spiro atoms. The summed E-state index contributed by atoms with van der Waals surface area (Å²) in [4.78, 5) is 10.0. The zero-order valence-electron chi connectivity index (χ0n) is 5.48. The van der Waals surface area contributed by atoms with Crippen LogP contribution in [0.4, 0.5) is 13.6 Å². The van der Waals surface area contributed by atoms with E-state index in [4.69, 9.17) is 0 Å². The van der Waals surface area contributed by atoms with Gasteiger partial charge in [-0.05, 0) is 6.92 Å². The Morgan fingerprint density at radius 3 is 2.20 bits per heavy atom. The van der Waals surface area contributed by atoms with Gasteiger partial charge in [-0.15, -0.1) is 0 Å². The third kappa shape index (κ3) is 3.01. The first kappa shape index (κ1) is 8.87. The lowest BCUT2D eigenvalue weighted by Crippen LogP contribution is -2.01. The number of carbonyl (C=O) groups excluding carboxylic acids is 1. The van der Waals surface area contributed by atoms with E-state index in [9.17, 15) is 13.6 Å². The lowest BCUT2D eigenvalue weighted by Gasteiger charge is -1.97. The molecule has 0 aliphatic heterocycles. The molecule has 0 rings (SSSR count). The van der Waals surface area contributed by atoms with Crippen LogP contribution in [0.15, 0.2) is 11.8 Å². The van der Waals surface area contributed by atoms with Crippen LogP contribution in [0.25, 0.3) is 0 Å². The number of methoxy groups -OCH3 is 1. The molecule has 0 saturated carbocycles. The van der Waals surface area contributed by atoms with Gasteiger partial charge in [0, 0.05) is 0 Å². The van der Waals surface area contributed by atoms with Crippen LogP contribution in [0.3, 0.4) is 0 Å². The first-order valence-corrected chi connectivity index (χ1v) is 2.35. The van der Waals surface area contributed by atoms with Crippen LogP contribution in [0.5, 0.6) is 0 Å². The number of rotatable bonds is 1. The van der Waals surface area contributed by atoms with Crippen molar-refractivity contribution in [3.05, 3.63) is 11.8 Å². The van der Waals surface area contributed by atoms with Gasteiger partial charge in [0.05, 0.1) is 7.11 Å². The second kappa shape index (κ2) is 3.81. The highest BCUT2D eigenvalue weighted by atomic mass is 19.2. The van der Waals surface area contributed by atoms with Crippen LogP contribution in [0.1, 0.15) is 6.92 Å². The van der Waals surface area contributed by atoms with Crippen LogP contribution in [-0.2, 0) is 9.47 Å². The molecule has 0 aliphatic rings. The first-order valence-electron chi connectivity index (χ1n) is 2.35. The van der Waals surface area contributed by atoms with Crippen molar-refractivity contribution in [1.29, 1.82) is 0 Å². The van der Waals surface area contributed by atoms with Crippen molar-refractivity contribution in [2.45, 2.75) is 6.92 Å². The molecule has 0 heterocycles. The van der Waals surface area contributed by atoms with E-state index in [-0.39, 0.29) is 0 Å². The summed E-state index contributed by atoms with van der Waals surface area (Å²) in [6.45, 7) is 0.818. The third-order valence-electron chi connectivity index (χ3n) is 0.610. The van der Waals surface area contributed by atoms with Crippen LogP contribution < -0.4 is 0 Å². The van der Waals surface area contributed by atoms with Crippen molar-refractivity contribution < 1.29 is 23.0 Å². The van der Waals surface area contributed by atoms with Crippen molar-refractivity contribution in [1.82, 2.24) is 0 Å². The summed E-state index contributed by atoms with van der Waals surface area (Å²) in [7, 11) is 0.989. The third-order valence-corrected chi connectivity index (χ3v) is 0.610. The van der Waals surface area contributed by atoms with E-state index in [0.29, 0.717) is 0 Å². The lowest BCUT2D eigenvalue weighted by atomic mass is 10.7. The van der Waals surface area contributed by atoms with Gasteiger partial charge < -0.3 is 9.47 Å². The van der Waals surface area contributed by atoms with E-state index in [1.807, 2.05) is 0 Å². The molecule has 0 amide bonds. The Kier molecular flexibility index (Phi) is 3.38. The van der Waals surface area contributed by atoms with Crippen molar-refractivity contribution in [3.63, 3.8) is 0 Å². The smallest absolute Gasteiger partial charge is 0.437 e. The van der Waals surface area contributed by atoms with Gasteiger partial charge in [0.25, 0.3) is 0 Å². The molecule has 0 atom stereocenters. The van der Waals surface area contributed by atoms with Gasteiger partial charge in [0.1, 0.15) is 0 Å². The van der Waals surface area contributed by atoms with Gasteiger partial charge in [-0.3, -0.25) is 0 Å². The molecule has 0 aromatic rings. The molecule has 58 valence electrons. The topological polar surface area (TPSA) is 35.5 Å². The zero-order chi connectivity index (χ0) is 8.15. The Bertz CT molecular complexity index is 160. The summed E-state index contributed by atoms with van der Waals surface area (Å²) in [6.07, 6.45) is -1.28. The van der Waals surface area contributed by atoms with E-state index >= 15 is 0 Å². The first-order chi connectivity index (χ1) is 4.57. The minimum atomic E-state index is -1.58. The fourth-order valence-corrected chi connectivity index (χ4v) is 0.185. The molecule has 0 aliphatic carbocycles. The maximum atomic E-state index is 11.9. The Labute approximate surface area is 56.2 Å². The molecule has 0 radical (unpaired) electrons. The Balaban J connectivity index is 3.92. The molecule has 0 aromatic carbocycles. The molecule has 0 fully saturated rings. The average Bonchev–Trinajstić information content (AvgIpc) is 1.87. The summed E-state index contributed by atoms with van der Waals surface area (Å²) in [5.74, 6) is -1.20. The van der Waals surface area contributed by atoms with Crippen LogP contribution >= 0.6 is 0 Å². The zero-order valence-corrected chi connectivity index (χ0v) is 5.48. The molecule has 0 aromatic heterocycles. The van der Waals surface area contributed by atoms with Crippen molar-refractivity contribution in [2.24, 2.45) is 0 Å². The summed E-state index contributed by atoms with van der Waals surface area (Å²) >= 11 is 0. The van der Waals surface area contributed by atoms with Crippen LogP contribution in [0.2, 0.25) is 0 Å². The SMILES string of the molecule is COC(=O)OC(F)=C(C)F. The maximum Gasteiger partial charge on any atom is 0.515 e. The predicted octanol–water partition coefficient (Wildman–Crippen LogP) is 1.90. The number of carbonyl (C=O) groups is 1. The summed E-state index contributed by atoms with van der Waals surface area (Å²) in [5.41, 5.74) is 0. The highest BCUT2D eigenvalue weighted by molar-refractivity contribution is 5.60. The fraction of sp³-hybridized carbons (Fsp3) is 0.400. The molecular weight excluding hydrogens is 146 g/mol. The number of halogens is 2. The summed E-state index contributed by atoms with van der Waals surface area (Å²) in [5, 5.41) is 0. The second-order valence-corrected chi connectivity index (χ2v) is 1.36. The van der Waals surface area contributed by atoms with Crippen LogP contribution in [-0.4, -0.2) is 13.3 Å². The summed E-state index contributed by atoms with van der Waals surface area (Å²) in [6, 6.07) is -1.58. The van der Waals surface area contributed by atoms with Gasteiger partial charge in [0.15, 0.2) is 5.83 Å². The Morgan fingerprint density at radius 1 is 1.40 bits per heavy atom. The standard InChI is InChI=1S/C5H6F2O3/c1-3(6)4(7)10-5(8)9-2/h1-2H3. The molecule has 0 N–H and O–H groups in total. The normalized spacial score (nSPS) is 12.0. The van der Waals surface area contributed by atoms with Crippen molar-refractivity contribution in [2.75, 3.05) is 7.11 Å². The van der Waals surface area contributed by atoms with Crippen molar-refractivity contribution >= 4 is 6.16 Å². The van der Waals surface area contributed by atoms with E-state index in [1.165, 1.54) is 0 Å². The molecule has 0 unspecified atom stereocenters.